The van der Waals surface area contributed by atoms with Crippen LogP contribution in [-0.4, -0.2) is 73.4 Å². The van der Waals surface area contributed by atoms with Crippen molar-refractivity contribution in [3.63, 3.8) is 0 Å². The highest BCUT2D eigenvalue weighted by molar-refractivity contribution is 8.01. The smallest absolute Gasteiger partial charge is 0.275 e. The standard InChI is InChI=1S/C20H23N5O4S2/c1-27-8-9-29-13-30-20-24-15-3-2-14(10-17(15)31-20)22-19(26)16-11-21-12-18(23-16)25-4-6-28-7-5-25/h2-3,10-12H,4-9,13H2,1H3,(H,22,26). The molecule has 164 valence electrons. The number of thioether (sulfide) groups is 1. The molecular formula is C20H23N5O4S2. The fourth-order valence-corrected chi connectivity index (χ4v) is 4.79. The number of thiazole rings is 1. The van der Waals surface area contributed by atoms with Gasteiger partial charge in [0.25, 0.3) is 5.91 Å². The highest BCUT2D eigenvalue weighted by Gasteiger charge is 2.16. The van der Waals surface area contributed by atoms with Gasteiger partial charge in [-0.25, -0.2) is 9.97 Å². The molecule has 31 heavy (non-hydrogen) atoms. The number of benzene rings is 1. The van der Waals surface area contributed by atoms with Gasteiger partial charge in [-0.1, -0.05) is 11.8 Å². The van der Waals surface area contributed by atoms with Gasteiger partial charge in [-0.15, -0.1) is 11.3 Å². The first-order chi connectivity index (χ1) is 15.2. The van der Waals surface area contributed by atoms with Crippen LogP contribution < -0.4 is 10.2 Å². The van der Waals surface area contributed by atoms with Crippen LogP contribution in [0.3, 0.4) is 0 Å². The predicted molar refractivity (Wildman–Crippen MR) is 121 cm³/mol. The van der Waals surface area contributed by atoms with Crippen LogP contribution in [0.5, 0.6) is 0 Å². The number of morpholine rings is 1. The van der Waals surface area contributed by atoms with Crippen molar-refractivity contribution in [3.8, 4) is 0 Å². The fraction of sp³-hybridized carbons (Fsp3) is 0.400. The van der Waals surface area contributed by atoms with Crippen molar-refractivity contribution in [2.24, 2.45) is 0 Å². The third-order valence-electron chi connectivity index (χ3n) is 4.51. The Morgan fingerprint density at radius 2 is 2.13 bits per heavy atom. The molecule has 0 aliphatic carbocycles. The maximum absolute atomic E-state index is 12.7. The normalized spacial score (nSPS) is 14.2. The van der Waals surface area contributed by atoms with Crippen molar-refractivity contribution in [2.45, 2.75) is 4.34 Å². The summed E-state index contributed by atoms with van der Waals surface area (Å²) in [7, 11) is 1.65. The number of aromatic nitrogens is 3. The van der Waals surface area contributed by atoms with Crippen molar-refractivity contribution in [3.05, 3.63) is 36.3 Å². The van der Waals surface area contributed by atoms with E-state index in [1.165, 1.54) is 18.0 Å². The van der Waals surface area contributed by atoms with Gasteiger partial charge in [-0.3, -0.25) is 9.78 Å². The number of carbonyl (C=O) groups is 1. The minimum Gasteiger partial charge on any atom is -0.382 e. The highest BCUT2D eigenvalue weighted by atomic mass is 32.2. The molecule has 3 heterocycles. The molecule has 4 rings (SSSR count). The summed E-state index contributed by atoms with van der Waals surface area (Å²) >= 11 is 3.10. The summed E-state index contributed by atoms with van der Waals surface area (Å²) in [6, 6.07) is 5.65. The molecule has 0 radical (unpaired) electrons. The Kier molecular flexibility index (Phi) is 7.65. The number of amides is 1. The Labute approximate surface area is 188 Å². The van der Waals surface area contributed by atoms with Crippen LogP contribution in [0.4, 0.5) is 11.5 Å². The number of anilines is 2. The first kappa shape index (κ1) is 21.9. The Morgan fingerprint density at radius 3 is 2.97 bits per heavy atom. The van der Waals surface area contributed by atoms with Crippen LogP contribution in [0.25, 0.3) is 10.2 Å². The second-order valence-electron chi connectivity index (χ2n) is 6.64. The molecule has 11 heteroatoms. The van der Waals surface area contributed by atoms with Gasteiger partial charge < -0.3 is 24.4 Å². The lowest BCUT2D eigenvalue weighted by molar-refractivity contribution is 0.0953. The number of nitrogens with zero attached hydrogens (tertiary/aromatic N) is 4. The Bertz CT molecular complexity index is 1030. The largest absolute Gasteiger partial charge is 0.382 e. The third kappa shape index (κ3) is 5.89. The summed E-state index contributed by atoms with van der Waals surface area (Å²) in [5.74, 6) is 0.904. The van der Waals surface area contributed by atoms with Gasteiger partial charge in [0.2, 0.25) is 0 Å². The zero-order chi connectivity index (χ0) is 21.5. The third-order valence-corrected chi connectivity index (χ3v) is 6.55. The van der Waals surface area contributed by atoms with Gasteiger partial charge in [-0.05, 0) is 18.2 Å². The van der Waals surface area contributed by atoms with Gasteiger partial charge >= 0.3 is 0 Å². The Balaban J connectivity index is 1.39. The number of fused-ring (bicyclic) bond motifs is 1. The number of ether oxygens (including phenoxy) is 3. The van der Waals surface area contributed by atoms with Gasteiger partial charge in [-0.2, -0.15) is 0 Å². The lowest BCUT2D eigenvalue weighted by Gasteiger charge is -2.27. The molecular weight excluding hydrogens is 438 g/mol. The van der Waals surface area contributed by atoms with E-state index in [4.69, 9.17) is 14.2 Å². The van der Waals surface area contributed by atoms with Crippen LogP contribution in [-0.2, 0) is 14.2 Å². The van der Waals surface area contributed by atoms with E-state index >= 15 is 0 Å². The van der Waals surface area contributed by atoms with Crippen LogP contribution >= 0.6 is 23.1 Å². The average Bonchev–Trinajstić information content (AvgIpc) is 3.21. The van der Waals surface area contributed by atoms with E-state index in [-0.39, 0.29) is 11.6 Å². The van der Waals surface area contributed by atoms with Crippen molar-refractivity contribution >= 4 is 50.7 Å². The second kappa shape index (κ2) is 10.8. The highest BCUT2D eigenvalue weighted by Crippen LogP contribution is 2.31. The topological polar surface area (TPSA) is 98.7 Å². The number of rotatable bonds is 9. The van der Waals surface area contributed by atoms with Crippen LogP contribution in [0.2, 0.25) is 0 Å². The molecule has 1 aliphatic heterocycles. The summed E-state index contributed by atoms with van der Waals surface area (Å²) in [5.41, 5.74) is 1.85. The van der Waals surface area contributed by atoms with E-state index in [9.17, 15) is 4.79 Å². The zero-order valence-corrected chi connectivity index (χ0v) is 18.7. The molecule has 9 nitrogen and oxygen atoms in total. The van der Waals surface area contributed by atoms with Crippen LogP contribution in [0.15, 0.2) is 34.9 Å². The molecule has 0 bridgehead atoms. The molecule has 0 spiro atoms. The molecule has 3 aromatic rings. The molecule has 0 saturated carbocycles. The maximum atomic E-state index is 12.7. The summed E-state index contributed by atoms with van der Waals surface area (Å²) < 4.78 is 17.7. The SMILES string of the molecule is COCCOCSc1nc2ccc(NC(=O)c3cncc(N4CCOCC4)n3)cc2s1. The van der Waals surface area contributed by atoms with Crippen molar-refractivity contribution < 1.29 is 19.0 Å². The summed E-state index contributed by atoms with van der Waals surface area (Å²) in [6.07, 6.45) is 3.15. The summed E-state index contributed by atoms with van der Waals surface area (Å²) in [5, 5.41) is 2.90. The van der Waals surface area contributed by atoms with Gasteiger partial charge in [0, 0.05) is 25.9 Å². The van der Waals surface area contributed by atoms with Gasteiger partial charge in [0.15, 0.2) is 4.34 Å². The fourth-order valence-electron chi connectivity index (χ4n) is 2.94. The maximum Gasteiger partial charge on any atom is 0.275 e. The Morgan fingerprint density at radius 1 is 1.26 bits per heavy atom. The molecule has 2 aromatic heterocycles. The number of methoxy groups -OCH3 is 1. The van der Waals surface area contributed by atoms with E-state index in [1.54, 1.807) is 24.6 Å². The van der Waals surface area contributed by atoms with E-state index in [1.807, 2.05) is 18.2 Å². The van der Waals surface area contributed by atoms with E-state index in [0.717, 1.165) is 27.6 Å². The van der Waals surface area contributed by atoms with Crippen LogP contribution in [0.1, 0.15) is 10.5 Å². The minimum absolute atomic E-state index is 0.276. The van der Waals surface area contributed by atoms with Crippen LogP contribution in [0, 0.1) is 0 Å². The van der Waals surface area contributed by atoms with E-state index < -0.39 is 0 Å². The van der Waals surface area contributed by atoms with E-state index in [0.29, 0.717) is 43.9 Å². The number of nitrogens with one attached hydrogen (secondary N) is 1. The number of hydrogen-bond donors (Lipinski definition) is 1. The summed E-state index contributed by atoms with van der Waals surface area (Å²) in [4.78, 5) is 28.0. The molecule has 1 aromatic carbocycles. The molecule has 1 saturated heterocycles. The average molecular weight is 462 g/mol. The quantitative estimate of drug-likeness (QED) is 0.293. The minimum atomic E-state index is -0.299. The lowest BCUT2D eigenvalue weighted by Crippen LogP contribution is -2.37. The lowest BCUT2D eigenvalue weighted by atomic mass is 10.3. The molecule has 1 amide bonds. The van der Waals surface area contributed by atoms with Crippen molar-refractivity contribution in [2.75, 3.05) is 62.8 Å². The summed E-state index contributed by atoms with van der Waals surface area (Å²) in [6.45, 7) is 3.89. The first-order valence-electron chi connectivity index (χ1n) is 9.79. The van der Waals surface area contributed by atoms with Crippen molar-refractivity contribution in [1.29, 1.82) is 0 Å². The molecule has 0 unspecified atom stereocenters. The first-order valence-corrected chi connectivity index (χ1v) is 11.6. The Hall–Kier alpha value is -2.31. The van der Waals surface area contributed by atoms with Crippen molar-refractivity contribution in [1.82, 2.24) is 15.0 Å². The van der Waals surface area contributed by atoms with E-state index in [2.05, 4.69) is 25.2 Å². The molecule has 1 aliphatic rings. The monoisotopic (exact) mass is 461 g/mol. The predicted octanol–water partition coefficient (Wildman–Crippen LogP) is 2.89. The molecule has 1 N–H and O–H groups in total. The molecule has 0 atom stereocenters. The second-order valence-corrected chi connectivity index (χ2v) is 8.84. The zero-order valence-electron chi connectivity index (χ0n) is 17.1. The molecule has 1 fully saturated rings. The number of hydrogen-bond acceptors (Lipinski definition) is 10. The van der Waals surface area contributed by atoms with Gasteiger partial charge in [0.05, 0.1) is 55.0 Å². The number of carbonyl (C=O) groups excluding carboxylic acids is 1. The van der Waals surface area contributed by atoms with Gasteiger partial charge in [0.1, 0.15) is 11.5 Å².